The van der Waals surface area contributed by atoms with E-state index >= 15 is 0 Å². The molecular formula is C15H16FN3O3S. The monoisotopic (exact) mass is 337 g/mol. The van der Waals surface area contributed by atoms with Gasteiger partial charge in [0.05, 0.1) is 19.0 Å². The van der Waals surface area contributed by atoms with Crippen molar-refractivity contribution in [1.82, 2.24) is 10.4 Å². The molecule has 0 saturated carbocycles. The molecule has 1 fully saturated rings. The number of anilines is 1. The number of halogens is 1. The van der Waals surface area contributed by atoms with Crippen LogP contribution in [0.15, 0.2) is 24.4 Å². The van der Waals surface area contributed by atoms with Crippen LogP contribution in [-0.2, 0) is 4.74 Å². The van der Waals surface area contributed by atoms with Gasteiger partial charge in [-0.3, -0.25) is 15.6 Å². The number of aromatic nitrogens is 1. The van der Waals surface area contributed by atoms with Crippen molar-refractivity contribution in [2.24, 2.45) is 0 Å². The van der Waals surface area contributed by atoms with E-state index in [1.165, 1.54) is 42.8 Å². The van der Waals surface area contributed by atoms with Crippen molar-refractivity contribution >= 4 is 22.9 Å². The molecule has 122 valence electrons. The Morgan fingerprint density at radius 3 is 3.13 bits per heavy atom. The number of hydrazine groups is 1. The molecule has 0 spiro atoms. The molecule has 0 radical (unpaired) electrons. The number of hydrogen-bond donors (Lipinski definition) is 2. The van der Waals surface area contributed by atoms with Crippen molar-refractivity contribution in [2.45, 2.75) is 18.9 Å². The molecule has 1 aromatic heterocycles. The Hall–Kier alpha value is -2.19. The van der Waals surface area contributed by atoms with Crippen LogP contribution in [0.1, 0.15) is 33.6 Å². The Kier molecular flexibility index (Phi) is 4.73. The molecule has 2 heterocycles. The number of nitrogens with zero attached hydrogens (tertiary/aromatic N) is 1. The zero-order chi connectivity index (χ0) is 16.2. The van der Waals surface area contributed by atoms with E-state index in [1.807, 2.05) is 0 Å². The van der Waals surface area contributed by atoms with Gasteiger partial charge in [-0.25, -0.2) is 9.37 Å². The highest BCUT2D eigenvalue weighted by Crippen LogP contribution is 2.31. The van der Waals surface area contributed by atoms with E-state index in [4.69, 9.17) is 9.47 Å². The molecule has 1 saturated heterocycles. The third-order valence-corrected chi connectivity index (χ3v) is 4.51. The van der Waals surface area contributed by atoms with Crippen molar-refractivity contribution < 1.29 is 18.7 Å². The Morgan fingerprint density at radius 1 is 1.52 bits per heavy atom. The predicted molar refractivity (Wildman–Crippen MR) is 84.1 cm³/mol. The number of ether oxygens (including phenoxy) is 2. The first-order valence-electron chi connectivity index (χ1n) is 7.14. The summed E-state index contributed by atoms with van der Waals surface area (Å²) in [5.41, 5.74) is 5.74. The van der Waals surface area contributed by atoms with E-state index in [-0.39, 0.29) is 12.0 Å². The largest absolute Gasteiger partial charge is 0.494 e. The van der Waals surface area contributed by atoms with Crippen molar-refractivity contribution in [2.75, 3.05) is 19.1 Å². The molecule has 8 heteroatoms. The SMILES string of the molecule is COc1cc(F)ccc1NNC(=O)c1cnc([C@H]2CCCO2)s1. The summed E-state index contributed by atoms with van der Waals surface area (Å²) < 4.78 is 23.7. The average molecular weight is 337 g/mol. The van der Waals surface area contributed by atoms with Crippen molar-refractivity contribution in [3.63, 3.8) is 0 Å². The first kappa shape index (κ1) is 15.7. The lowest BCUT2D eigenvalue weighted by atomic mass is 10.2. The molecule has 1 aliphatic heterocycles. The third kappa shape index (κ3) is 3.59. The Labute approximate surface area is 136 Å². The highest BCUT2D eigenvalue weighted by molar-refractivity contribution is 7.13. The minimum absolute atomic E-state index is 0.00768. The molecule has 1 amide bonds. The van der Waals surface area contributed by atoms with Gasteiger partial charge in [0, 0.05) is 12.7 Å². The van der Waals surface area contributed by atoms with Gasteiger partial charge >= 0.3 is 0 Å². The minimum atomic E-state index is -0.414. The smallest absolute Gasteiger partial charge is 0.281 e. The molecule has 2 N–H and O–H groups in total. The maximum absolute atomic E-state index is 13.1. The number of methoxy groups -OCH3 is 1. The Balaban J connectivity index is 1.63. The van der Waals surface area contributed by atoms with Crippen LogP contribution in [0.25, 0.3) is 0 Å². The van der Waals surface area contributed by atoms with Gasteiger partial charge in [0.15, 0.2) is 0 Å². The molecular weight excluding hydrogens is 321 g/mol. The topological polar surface area (TPSA) is 72.5 Å². The van der Waals surface area contributed by atoms with Crippen molar-refractivity contribution in [1.29, 1.82) is 0 Å². The average Bonchev–Trinajstić information content (AvgIpc) is 3.23. The summed E-state index contributed by atoms with van der Waals surface area (Å²) in [6.45, 7) is 0.734. The van der Waals surface area contributed by atoms with Gasteiger partial charge in [-0.2, -0.15) is 0 Å². The standard InChI is InChI=1S/C15H16FN3O3S/c1-21-12-7-9(16)4-5-10(12)18-19-14(20)13-8-17-15(23-13)11-3-2-6-22-11/h4-5,7-8,11,18H,2-3,6H2,1H3,(H,19,20)/t11-/m1/s1. The van der Waals surface area contributed by atoms with Crippen molar-refractivity contribution in [3.8, 4) is 5.75 Å². The number of nitrogens with one attached hydrogen (secondary N) is 2. The van der Waals surface area contributed by atoms with Crippen LogP contribution in [0.3, 0.4) is 0 Å². The van der Waals surface area contributed by atoms with Gasteiger partial charge in [0.2, 0.25) is 0 Å². The molecule has 0 unspecified atom stereocenters. The lowest BCUT2D eigenvalue weighted by Gasteiger charge is -2.11. The van der Waals surface area contributed by atoms with Gasteiger partial charge < -0.3 is 9.47 Å². The Morgan fingerprint density at radius 2 is 2.39 bits per heavy atom. The molecule has 3 rings (SSSR count). The predicted octanol–water partition coefficient (Wildman–Crippen LogP) is 2.90. The lowest BCUT2D eigenvalue weighted by Crippen LogP contribution is -2.28. The molecule has 0 aliphatic carbocycles. The molecule has 23 heavy (non-hydrogen) atoms. The van der Waals surface area contributed by atoms with E-state index in [1.54, 1.807) is 0 Å². The summed E-state index contributed by atoms with van der Waals surface area (Å²) in [5, 5.41) is 0.812. The maximum atomic E-state index is 13.1. The first-order valence-corrected chi connectivity index (χ1v) is 7.96. The van der Waals surface area contributed by atoms with Crippen molar-refractivity contribution in [3.05, 3.63) is 40.1 Å². The fraction of sp³-hybridized carbons (Fsp3) is 0.333. The van der Waals surface area contributed by atoms with Gasteiger partial charge in [-0.15, -0.1) is 11.3 Å². The number of thiazole rings is 1. The van der Waals surface area contributed by atoms with Gasteiger partial charge in [0.25, 0.3) is 5.91 Å². The van der Waals surface area contributed by atoms with Crippen LogP contribution in [0.4, 0.5) is 10.1 Å². The second-order valence-corrected chi connectivity index (χ2v) is 6.05. The molecule has 2 aromatic rings. The second-order valence-electron chi connectivity index (χ2n) is 4.99. The first-order chi connectivity index (χ1) is 11.2. The minimum Gasteiger partial charge on any atom is -0.494 e. The zero-order valence-electron chi connectivity index (χ0n) is 12.5. The fourth-order valence-corrected chi connectivity index (χ4v) is 3.17. The van der Waals surface area contributed by atoms with E-state index in [0.717, 1.165) is 24.5 Å². The van der Waals surface area contributed by atoms with Crippen LogP contribution in [0.2, 0.25) is 0 Å². The molecule has 0 bridgehead atoms. The molecule has 6 nitrogen and oxygen atoms in total. The number of carbonyl (C=O) groups excluding carboxylic acids is 1. The van der Waals surface area contributed by atoms with Crippen LogP contribution in [0.5, 0.6) is 5.75 Å². The van der Waals surface area contributed by atoms with Gasteiger partial charge in [0.1, 0.15) is 27.6 Å². The van der Waals surface area contributed by atoms with E-state index in [9.17, 15) is 9.18 Å². The summed E-state index contributed by atoms with van der Waals surface area (Å²) >= 11 is 1.31. The summed E-state index contributed by atoms with van der Waals surface area (Å²) in [5.74, 6) is -0.435. The summed E-state index contributed by atoms with van der Waals surface area (Å²) in [6, 6.07) is 3.99. The van der Waals surface area contributed by atoms with Crippen LogP contribution in [0, 0.1) is 5.82 Å². The number of hydrogen-bond acceptors (Lipinski definition) is 6. The summed E-state index contributed by atoms with van der Waals surface area (Å²) in [7, 11) is 1.43. The summed E-state index contributed by atoms with van der Waals surface area (Å²) in [6.07, 6.45) is 3.46. The van der Waals surface area contributed by atoms with E-state index in [2.05, 4.69) is 15.8 Å². The summed E-state index contributed by atoms with van der Waals surface area (Å²) in [4.78, 5) is 16.9. The molecule has 1 aliphatic rings. The number of rotatable bonds is 5. The lowest BCUT2D eigenvalue weighted by molar-refractivity contribution is 0.0966. The molecule has 1 aromatic carbocycles. The fourth-order valence-electron chi connectivity index (χ4n) is 2.27. The van der Waals surface area contributed by atoms with E-state index < -0.39 is 5.82 Å². The normalized spacial score (nSPS) is 17.0. The maximum Gasteiger partial charge on any atom is 0.281 e. The zero-order valence-corrected chi connectivity index (χ0v) is 13.3. The van der Waals surface area contributed by atoms with Crippen LogP contribution < -0.4 is 15.6 Å². The third-order valence-electron chi connectivity index (χ3n) is 3.43. The van der Waals surface area contributed by atoms with Gasteiger partial charge in [-0.1, -0.05) is 0 Å². The number of carbonyl (C=O) groups is 1. The van der Waals surface area contributed by atoms with Crippen LogP contribution >= 0.6 is 11.3 Å². The number of benzene rings is 1. The highest BCUT2D eigenvalue weighted by atomic mass is 32.1. The Bertz CT molecular complexity index is 701. The molecule has 1 atom stereocenters. The highest BCUT2D eigenvalue weighted by Gasteiger charge is 2.22. The number of amides is 1. The second kappa shape index (κ2) is 6.93. The van der Waals surface area contributed by atoms with E-state index in [0.29, 0.717) is 16.3 Å². The quantitative estimate of drug-likeness (QED) is 0.821. The van der Waals surface area contributed by atoms with Crippen LogP contribution in [-0.4, -0.2) is 24.6 Å². The van der Waals surface area contributed by atoms with Gasteiger partial charge in [-0.05, 0) is 25.0 Å².